The highest BCUT2D eigenvalue weighted by molar-refractivity contribution is 6.46. The highest BCUT2D eigenvalue weighted by Crippen LogP contribution is 2.39. The fourth-order valence-corrected chi connectivity index (χ4v) is 3.62. The van der Waals surface area contributed by atoms with Crippen LogP contribution in [0.15, 0.2) is 54.1 Å². The average Bonchev–Trinajstić information content (AvgIpc) is 3.03. The van der Waals surface area contributed by atoms with Crippen LogP contribution in [-0.4, -0.2) is 48.6 Å². The lowest BCUT2D eigenvalue weighted by atomic mass is 9.95. The Bertz CT molecular complexity index is 953. The molecule has 1 heterocycles. The summed E-state index contributed by atoms with van der Waals surface area (Å²) < 4.78 is 10.8. The molecule has 1 aliphatic heterocycles. The number of hydrogen-bond acceptors (Lipinski definition) is 5. The SMILES string of the molecule is CCCCOc1ccc(/C(O)=C2\C(=O)C(=O)N(CCOC)C2c2ccc(Cl)cc2)cc1. The third-order valence-corrected chi connectivity index (χ3v) is 5.41. The van der Waals surface area contributed by atoms with Crippen molar-refractivity contribution in [2.24, 2.45) is 0 Å². The first-order valence-corrected chi connectivity index (χ1v) is 10.6. The molecule has 0 aliphatic carbocycles. The summed E-state index contributed by atoms with van der Waals surface area (Å²) in [5.74, 6) is -0.937. The van der Waals surface area contributed by atoms with Crippen molar-refractivity contribution < 1.29 is 24.2 Å². The number of ketones is 1. The van der Waals surface area contributed by atoms with Gasteiger partial charge in [0.25, 0.3) is 11.7 Å². The summed E-state index contributed by atoms with van der Waals surface area (Å²) in [5.41, 5.74) is 1.16. The summed E-state index contributed by atoms with van der Waals surface area (Å²) in [7, 11) is 1.53. The molecule has 1 atom stereocenters. The van der Waals surface area contributed by atoms with E-state index in [1.54, 1.807) is 48.5 Å². The van der Waals surface area contributed by atoms with E-state index < -0.39 is 17.7 Å². The minimum atomic E-state index is -0.729. The lowest BCUT2D eigenvalue weighted by Gasteiger charge is -2.25. The summed E-state index contributed by atoms with van der Waals surface area (Å²) in [6.07, 6.45) is 1.99. The van der Waals surface area contributed by atoms with Crippen LogP contribution in [0.25, 0.3) is 5.76 Å². The number of unbranched alkanes of at least 4 members (excludes halogenated alkanes) is 1. The van der Waals surface area contributed by atoms with Crippen LogP contribution in [0.2, 0.25) is 5.02 Å². The van der Waals surface area contributed by atoms with Crippen molar-refractivity contribution in [2.45, 2.75) is 25.8 Å². The number of carbonyl (C=O) groups excluding carboxylic acids is 2. The molecule has 1 fully saturated rings. The second kappa shape index (κ2) is 10.5. The lowest BCUT2D eigenvalue weighted by molar-refractivity contribution is -0.140. The van der Waals surface area contributed by atoms with Crippen LogP contribution in [0, 0.1) is 0 Å². The minimum absolute atomic E-state index is 0.0445. The van der Waals surface area contributed by atoms with Gasteiger partial charge in [0.15, 0.2) is 0 Å². The highest BCUT2D eigenvalue weighted by Gasteiger charge is 2.45. The number of aliphatic hydroxyl groups excluding tert-OH is 1. The predicted octanol–water partition coefficient (Wildman–Crippen LogP) is 4.59. The first-order valence-electron chi connectivity index (χ1n) is 10.2. The van der Waals surface area contributed by atoms with Gasteiger partial charge in [-0.1, -0.05) is 37.1 Å². The largest absolute Gasteiger partial charge is 0.507 e. The van der Waals surface area contributed by atoms with E-state index in [0.717, 1.165) is 12.8 Å². The molecule has 2 aromatic rings. The lowest BCUT2D eigenvalue weighted by Crippen LogP contribution is -2.32. The zero-order chi connectivity index (χ0) is 22.4. The second-order valence-electron chi connectivity index (χ2n) is 7.26. The van der Waals surface area contributed by atoms with Gasteiger partial charge in [0.1, 0.15) is 11.5 Å². The third-order valence-electron chi connectivity index (χ3n) is 5.16. The van der Waals surface area contributed by atoms with E-state index in [0.29, 0.717) is 28.5 Å². The number of benzene rings is 2. The summed E-state index contributed by atoms with van der Waals surface area (Å²) in [5, 5.41) is 11.6. The standard InChI is InChI=1S/C24H26ClNO5/c1-3-4-14-31-19-11-7-17(8-12-19)22(27)20-21(16-5-9-18(25)10-6-16)26(13-15-30-2)24(29)23(20)28/h5-12,21,27H,3-4,13-15H2,1-2H3/b22-20+. The fraction of sp³-hybridized carbons (Fsp3) is 0.333. The third kappa shape index (κ3) is 5.09. The molecule has 0 bridgehead atoms. The number of methoxy groups -OCH3 is 1. The Morgan fingerprint density at radius 2 is 1.74 bits per heavy atom. The van der Waals surface area contributed by atoms with Gasteiger partial charge in [-0.05, 0) is 48.4 Å². The summed E-state index contributed by atoms with van der Waals surface area (Å²) >= 11 is 6.01. The van der Waals surface area contributed by atoms with Gasteiger partial charge in [-0.3, -0.25) is 9.59 Å². The van der Waals surface area contributed by atoms with E-state index in [1.807, 2.05) is 0 Å². The molecule has 0 aromatic heterocycles. The maximum absolute atomic E-state index is 12.9. The Kier molecular flexibility index (Phi) is 7.71. The van der Waals surface area contributed by atoms with Crippen LogP contribution in [0.4, 0.5) is 0 Å². The van der Waals surface area contributed by atoms with Crippen molar-refractivity contribution in [3.8, 4) is 5.75 Å². The van der Waals surface area contributed by atoms with Gasteiger partial charge in [0, 0.05) is 24.2 Å². The van der Waals surface area contributed by atoms with E-state index in [4.69, 9.17) is 21.1 Å². The number of carbonyl (C=O) groups is 2. The molecule has 2 aromatic carbocycles. The minimum Gasteiger partial charge on any atom is -0.507 e. The smallest absolute Gasteiger partial charge is 0.295 e. The number of hydrogen-bond donors (Lipinski definition) is 1. The fourth-order valence-electron chi connectivity index (χ4n) is 3.49. The van der Waals surface area contributed by atoms with Crippen LogP contribution in [0.3, 0.4) is 0 Å². The van der Waals surface area contributed by atoms with E-state index in [9.17, 15) is 14.7 Å². The molecule has 7 heteroatoms. The molecule has 0 saturated carbocycles. The van der Waals surface area contributed by atoms with Crippen LogP contribution in [0.5, 0.6) is 5.75 Å². The number of likely N-dealkylation sites (tertiary alicyclic amines) is 1. The Morgan fingerprint density at radius 1 is 1.06 bits per heavy atom. The van der Waals surface area contributed by atoms with Crippen molar-refractivity contribution >= 4 is 29.1 Å². The average molecular weight is 444 g/mol. The molecule has 1 saturated heterocycles. The van der Waals surface area contributed by atoms with Crippen LogP contribution < -0.4 is 4.74 Å². The number of aliphatic hydroxyl groups is 1. The van der Waals surface area contributed by atoms with Gasteiger partial charge in [-0.2, -0.15) is 0 Å². The summed E-state index contributed by atoms with van der Waals surface area (Å²) in [4.78, 5) is 27.0. The van der Waals surface area contributed by atoms with Crippen LogP contribution in [-0.2, 0) is 14.3 Å². The van der Waals surface area contributed by atoms with Gasteiger partial charge in [-0.15, -0.1) is 0 Å². The number of halogens is 1. The maximum atomic E-state index is 12.9. The zero-order valence-electron chi connectivity index (χ0n) is 17.6. The van der Waals surface area contributed by atoms with Crippen LogP contribution >= 0.6 is 11.6 Å². The van der Waals surface area contributed by atoms with E-state index in [-0.39, 0.29) is 24.5 Å². The number of rotatable bonds is 9. The van der Waals surface area contributed by atoms with Crippen molar-refractivity contribution in [3.05, 3.63) is 70.3 Å². The van der Waals surface area contributed by atoms with Gasteiger partial charge in [0.05, 0.1) is 24.8 Å². The molecular weight excluding hydrogens is 418 g/mol. The molecule has 0 radical (unpaired) electrons. The quantitative estimate of drug-likeness (QED) is 0.265. The Balaban J connectivity index is 2.00. The Labute approximate surface area is 187 Å². The predicted molar refractivity (Wildman–Crippen MR) is 119 cm³/mol. The molecule has 1 aliphatic rings. The molecule has 3 rings (SSSR count). The highest BCUT2D eigenvalue weighted by atomic mass is 35.5. The second-order valence-corrected chi connectivity index (χ2v) is 7.70. The van der Waals surface area contributed by atoms with Crippen molar-refractivity contribution in [2.75, 3.05) is 26.9 Å². The van der Waals surface area contributed by atoms with E-state index >= 15 is 0 Å². The maximum Gasteiger partial charge on any atom is 0.295 e. The summed E-state index contributed by atoms with van der Waals surface area (Å²) in [6, 6.07) is 13.0. The van der Waals surface area contributed by atoms with E-state index in [1.165, 1.54) is 12.0 Å². The van der Waals surface area contributed by atoms with Gasteiger partial charge in [0.2, 0.25) is 0 Å². The first kappa shape index (κ1) is 22.8. The molecule has 1 N–H and O–H groups in total. The number of amides is 1. The molecule has 1 unspecified atom stereocenters. The molecule has 6 nitrogen and oxygen atoms in total. The summed E-state index contributed by atoms with van der Waals surface area (Å²) in [6.45, 7) is 3.18. The zero-order valence-corrected chi connectivity index (χ0v) is 18.4. The molecule has 164 valence electrons. The molecule has 1 amide bonds. The van der Waals surface area contributed by atoms with E-state index in [2.05, 4.69) is 6.92 Å². The normalized spacial score (nSPS) is 17.9. The molecule has 31 heavy (non-hydrogen) atoms. The number of Topliss-reactive ketones (excluding diaryl/α,β-unsaturated/α-hetero) is 1. The first-order chi connectivity index (χ1) is 15.0. The molecular formula is C24H26ClNO5. The van der Waals surface area contributed by atoms with Gasteiger partial charge in [-0.25, -0.2) is 0 Å². The van der Waals surface area contributed by atoms with Crippen molar-refractivity contribution in [1.29, 1.82) is 0 Å². The van der Waals surface area contributed by atoms with Crippen LogP contribution in [0.1, 0.15) is 36.9 Å². The van der Waals surface area contributed by atoms with Crippen molar-refractivity contribution in [1.82, 2.24) is 4.90 Å². The molecule has 0 spiro atoms. The number of nitrogens with zero attached hydrogens (tertiary/aromatic N) is 1. The monoisotopic (exact) mass is 443 g/mol. The Hall–Kier alpha value is -2.83. The van der Waals surface area contributed by atoms with Gasteiger partial charge >= 0.3 is 0 Å². The van der Waals surface area contributed by atoms with Crippen molar-refractivity contribution in [3.63, 3.8) is 0 Å². The topological polar surface area (TPSA) is 76.1 Å². The number of ether oxygens (including phenoxy) is 2. The van der Waals surface area contributed by atoms with Gasteiger partial charge < -0.3 is 19.5 Å². The Morgan fingerprint density at radius 3 is 2.35 bits per heavy atom.